The summed E-state index contributed by atoms with van der Waals surface area (Å²) in [5.41, 5.74) is -0.153. The van der Waals surface area contributed by atoms with Crippen LogP contribution in [0.15, 0.2) is 17.7 Å². The average molecular weight is 122 g/mol. The minimum Gasteiger partial charge on any atom is -0.233 e. The lowest BCUT2D eigenvalue weighted by Gasteiger charge is -1.69. The van der Waals surface area contributed by atoms with Gasteiger partial charge in [0.2, 0.25) is 0 Å². The van der Waals surface area contributed by atoms with Crippen LogP contribution in [0.25, 0.3) is 0 Å². The molecule has 0 bridgehead atoms. The van der Waals surface area contributed by atoms with Crippen molar-refractivity contribution in [1.29, 1.82) is 0 Å². The molecule has 0 amide bonds. The highest BCUT2D eigenvalue weighted by Gasteiger charge is 1.82. The molecule has 0 aromatic rings. The maximum absolute atomic E-state index is 9.70. The number of hydrogen-bond donors (Lipinski definition) is 0. The van der Waals surface area contributed by atoms with Gasteiger partial charge in [0.1, 0.15) is 17.8 Å². The van der Waals surface area contributed by atoms with Crippen LogP contribution in [0.5, 0.6) is 0 Å². The van der Waals surface area contributed by atoms with Crippen LogP contribution in [-0.4, -0.2) is 17.8 Å². The van der Waals surface area contributed by atoms with Gasteiger partial charge in [0.05, 0.1) is 5.57 Å². The molecule has 0 saturated heterocycles. The van der Waals surface area contributed by atoms with Gasteiger partial charge >= 0.3 is 0 Å². The normalized spacial score (nSPS) is 5.78. The number of hydrogen-bond acceptors (Lipinski definition) is 3. The van der Waals surface area contributed by atoms with Crippen LogP contribution >= 0.6 is 0 Å². The van der Waals surface area contributed by atoms with E-state index in [0.29, 0.717) is 0 Å². The van der Waals surface area contributed by atoms with E-state index >= 15 is 0 Å². The summed E-state index contributed by atoms with van der Waals surface area (Å²) < 4.78 is 0. The monoisotopic (exact) mass is 122 g/mol. The fourth-order valence-corrected chi connectivity index (χ4v) is 0.228. The molecule has 0 rings (SSSR count). The maximum atomic E-state index is 9.70. The molecule has 0 aliphatic rings. The summed E-state index contributed by atoms with van der Waals surface area (Å²) in [6.45, 7) is 0. The predicted molar refractivity (Wildman–Crippen MR) is 29.7 cm³/mol. The Bertz CT molecular complexity index is 213. The zero-order chi connectivity index (χ0) is 7.11. The van der Waals surface area contributed by atoms with Crippen molar-refractivity contribution in [2.24, 2.45) is 0 Å². The Morgan fingerprint density at radius 3 is 1.67 bits per heavy atom. The van der Waals surface area contributed by atoms with Crippen molar-refractivity contribution in [1.82, 2.24) is 0 Å². The quantitative estimate of drug-likeness (QED) is 0.367. The summed E-state index contributed by atoms with van der Waals surface area (Å²) >= 11 is 0. The fourth-order valence-electron chi connectivity index (χ4n) is 0.228. The van der Waals surface area contributed by atoms with E-state index in [1.54, 1.807) is 0 Å². The Hall–Kier alpha value is -1.65. The van der Waals surface area contributed by atoms with Crippen LogP contribution in [0.3, 0.4) is 0 Å². The van der Waals surface area contributed by atoms with Crippen LogP contribution in [0.1, 0.15) is 0 Å². The molecule has 0 aromatic heterocycles. The van der Waals surface area contributed by atoms with Crippen LogP contribution in [0.2, 0.25) is 0 Å². The van der Waals surface area contributed by atoms with E-state index < -0.39 is 0 Å². The maximum Gasteiger partial charge on any atom is 0.133 e. The molecule has 0 aliphatic heterocycles. The lowest BCUT2D eigenvalue weighted by molar-refractivity contribution is 0.564. The smallest absolute Gasteiger partial charge is 0.133 e. The van der Waals surface area contributed by atoms with Gasteiger partial charge in [-0.3, -0.25) is 0 Å². The lowest BCUT2D eigenvalue weighted by Crippen LogP contribution is -1.71. The molecule has 0 unspecified atom stereocenters. The summed E-state index contributed by atoms with van der Waals surface area (Å²) in [7, 11) is 0. The van der Waals surface area contributed by atoms with E-state index in [9.17, 15) is 14.4 Å². The van der Waals surface area contributed by atoms with Crippen molar-refractivity contribution >= 4 is 17.8 Å². The Kier molecular flexibility index (Phi) is 3.68. The minimum absolute atomic E-state index is 0.153. The van der Waals surface area contributed by atoms with Crippen molar-refractivity contribution in [2.75, 3.05) is 0 Å². The second kappa shape index (κ2) is 4.51. The van der Waals surface area contributed by atoms with Crippen LogP contribution < -0.4 is 0 Å². The standard InChI is InChI=1S/C6H2O3/c7-3-1-6(5-9)2-4-8/h1-2H. The van der Waals surface area contributed by atoms with Crippen LogP contribution in [0.4, 0.5) is 0 Å². The first-order chi connectivity index (χ1) is 4.35. The van der Waals surface area contributed by atoms with E-state index in [1.807, 2.05) is 0 Å². The number of rotatable bonds is 2. The van der Waals surface area contributed by atoms with Gasteiger partial charge in [-0.1, -0.05) is 0 Å². The molecule has 0 radical (unpaired) electrons. The molecule has 0 saturated carbocycles. The molecule has 9 heavy (non-hydrogen) atoms. The SMILES string of the molecule is O=C=CC(=C=O)C=C=O. The summed E-state index contributed by atoms with van der Waals surface area (Å²) in [6, 6.07) is 0. The number of allylic oxidation sites excluding steroid dienone is 3. The van der Waals surface area contributed by atoms with E-state index in [1.165, 1.54) is 17.8 Å². The van der Waals surface area contributed by atoms with Crippen LogP contribution in [-0.2, 0) is 14.4 Å². The van der Waals surface area contributed by atoms with Gasteiger partial charge in [-0.05, 0) is 0 Å². The van der Waals surface area contributed by atoms with Crippen molar-refractivity contribution in [3.05, 3.63) is 17.7 Å². The van der Waals surface area contributed by atoms with Crippen LogP contribution in [0, 0.1) is 0 Å². The molecule has 0 atom stereocenters. The highest BCUT2D eigenvalue weighted by Crippen LogP contribution is 1.84. The molecule has 0 aliphatic carbocycles. The molecule has 0 spiro atoms. The largest absolute Gasteiger partial charge is 0.233 e. The average Bonchev–Trinajstić information content (AvgIpc) is 1.88. The molecule has 3 nitrogen and oxygen atoms in total. The Labute approximate surface area is 51.0 Å². The fraction of sp³-hybridized carbons (Fsp3) is 0. The van der Waals surface area contributed by atoms with Gasteiger partial charge in [0, 0.05) is 12.2 Å². The Balaban J connectivity index is 4.57. The Morgan fingerprint density at radius 2 is 1.44 bits per heavy atom. The highest BCUT2D eigenvalue weighted by atomic mass is 16.1. The third-order valence-electron chi connectivity index (χ3n) is 0.547. The number of carbonyl (C=O) groups excluding carboxylic acids is 3. The van der Waals surface area contributed by atoms with Gasteiger partial charge in [0.15, 0.2) is 0 Å². The van der Waals surface area contributed by atoms with Gasteiger partial charge in [-0.25, -0.2) is 14.4 Å². The molecule has 0 heterocycles. The third-order valence-corrected chi connectivity index (χ3v) is 0.547. The molecule has 0 fully saturated rings. The molecule has 0 aromatic carbocycles. The first-order valence-electron chi connectivity index (χ1n) is 2.02. The Morgan fingerprint density at radius 1 is 1.00 bits per heavy atom. The van der Waals surface area contributed by atoms with E-state index in [0.717, 1.165) is 12.2 Å². The van der Waals surface area contributed by atoms with Gasteiger partial charge in [0.25, 0.3) is 0 Å². The first-order valence-corrected chi connectivity index (χ1v) is 2.02. The summed E-state index contributed by atoms with van der Waals surface area (Å²) in [4.78, 5) is 28.7. The summed E-state index contributed by atoms with van der Waals surface area (Å²) in [5, 5.41) is 0. The molecular formula is C6H2O3. The third kappa shape index (κ3) is 2.98. The zero-order valence-corrected chi connectivity index (χ0v) is 4.38. The van der Waals surface area contributed by atoms with Crippen molar-refractivity contribution in [3.63, 3.8) is 0 Å². The molecule has 3 heteroatoms. The second-order valence-electron chi connectivity index (χ2n) is 1.08. The minimum atomic E-state index is -0.153. The van der Waals surface area contributed by atoms with E-state index in [-0.39, 0.29) is 5.57 Å². The molecule has 0 N–H and O–H groups in total. The summed E-state index contributed by atoms with van der Waals surface area (Å²) in [6.07, 6.45) is 1.61. The zero-order valence-electron chi connectivity index (χ0n) is 4.38. The lowest BCUT2D eigenvalue weighted by atomic mass is 10.3. The molecule has 44 valence electrons. The van der Waals surface area contributed by atoms with Crippen molar-refractivity contribution < 1.29 is 14.4 Å². The van der Waals surface area contributed by atoms with E-state index in [4.69, 9.17) is 0 Å². The second-order valence-corrected chi connectivity index (χ2v) is 1.08. The predicted octanol–water partition coefficient (Wildman–Crippen LogP) is -0.480. The van der Waals surface area contributed by atoms with Gasteiger partial charge in [-0.15, -0.1) is 0 Å². The van der Waals surface area contributed by atoms with Gasteiger partial charge in [-0.2, -0.15) is 0 Å². The van der Waals surface area contributed by atoms with E-state index in [2.05, 4.69) is 0 Å². The highest BCUT2D eigenvalue weighted by molar-refractivity contribution is 5.73. The van der Waals surface area contributed by atoms with Gasteiger partial charge < -0.3 is 0 Å². The molecular weight excluding hydrogens is 120 g/mol. The topological polar surface area (TPSA) is 51.2 Å². The summed E-state index contributed by atoms with van der Waals surface area (Å²) in [5.74, 6) is 3.97. The first kappa shape index (κ1) is 7.35. The van der Waals surface area contributed by atoms with Crippen molar-refractivity contribution in [2.45, 2.75) is 0 Å². The van der Waals surface area contributed by atoms with Crippen molar-refractivity contribution in [3.8, 4) is 0 Å².